The molecule has 0 N–H and O–H groups in total. The van der Waals surface area contributed by atoms with Gasteiger partial charge in [0.05, 0.1) is 19.6 Å². The van der Waals surface area contributed by atoms with E-state index in [1.54, 1.807) is 14.2 Å². The third-order valence-electron chi connectivity index (χ3n) is 3.56. The number of rotatable bonds is 5. The highest BCUT2D eigenvalue weighted by atomic mass is 35.5. The van der Waals surface area contributed by atoms with Crippen molar-refractivity contribution in [3.05, 3.63) is 23.8 Å². The molecule has 2 unspecified atom stereocenters. The lowest BCUT2D eigenvalue weighted by Crippen LogP contribution is -2.07. The molecule has 0 bridgehead atoms. The van der Waals surface area contributed by atoms with E-state index in [0.717, 1.165) is 23.0 Å². The van der Waals surface area contributed by atoms with Gasteiger partial charge in [-0.1, -0.05) is 6.92 Å². The first-order valence-corrected chi connectivity index (χ1v) is 6.47. The normalized spacial score (nSPS) is 18.6. The van der Waals surface area contributed by atoms with Crippen LogP contribution in [0.15, 0.2) is 18.2 Å². The first kappa shape index (κ1) is 12.6. The first-order chi connectivity index (χ1) is 8.17. The molecule has 2 rings (SSSR count). The van der Waals surface area contributed by atoms with Gasteiger partial charge in [-0.05, 0) is 42.9 Å². The topological polar surface area (TPSA) is 18.5 Å². The monoisotopic (exact) mass is 254 g/mol. The third-order valence-corrected chi connectivity index (χ3v) is 4.19. The number of hydrogen-bond donors (Lipinski definition) is 0. The van der Waals surface area contributed by atoms with Crippen LogP contribution in [0.1, 0.15) is 30.7 Å². The van der Waals surface area contributed by atoms with Gasteiger partial charge in [0, 0.05) is 5.56 Å². The Morgan fingerprint density at radius 3 is 2.47 bits per heavy atom. The Labute approximate surface area is 108 Å². The lowest BCUT2D eigenvalue weighted by molar-refractivity contribution is 0.390. The average Bonchev–Trinajstić information content (AvgIpc) is 3.20. The van der Waals surface area contributed by atoms with Crippen LogP contribution >= 0.6 is 11.6 Å². The van der Waals surface area contributed by atoms with E-state index in [-0.39, 0.29) is 5.38 Å². The van der Waals surface area contributed by atoms with Crippen LogP contribution < -0.4 is 9.47 Å². The van der Waals surface area contributed by atoms with Gasteiger partial charge in [-0.15, -0.1) is 11.6 Å². The fourth-order valence-electron chi connectivity index (χ4n) is 2.20. The molecular formula is C14H19ClO2. The van der Waals surface area contributed by atoms with E-state index >= 15 is 0 Å². The van der Waals surface area contributed by atoms with E-state index in [1.165, 1.54) is 12.8 Å². The lowest BCUT2D eigenvalue weighted by atomic mass is 9.95. The van der Waals surface area contributed by atoms with Crippen molar-refractivity contribution in [2.24, 2.45) is 11.8 Å². The number of halogens is 1. The van der Waals surface area contributed by atoms with Crippen LogP contribution in [0.25, 0.3) is 0 Å². The van der Waals surface area contributed by atoms with Crippen molar-refractivity contribution in [1.82, 2.24) is 0 Å². The van der Waals surface area contributed by atoms with E-state index in [0.29, 0.717) is 5.92 Å². The minimum atomic E-state index is -0.00690. The minimum absolute atomic E-state index is 0.00690. The van der Waals surface area contributed by atoms with Gasteiger partial charge < -0.3 is 9.47 Å². The molecule has 0 radical (unpaired) electrons. The number of alkyl halides is 1. The van der Waals surface area contributed by atoms with Gasteiger partial charge in [-0.2, -0.15) is 0 Å². The minimum Gasteiger partial charge on any atom is -0.497 e. The van der Waals surface area contributed by atoms with Gasteiger partial charge in [-0.25, -0.2) is 0 Å². The van der Waals surface area contributed by atoms with Crippen LogP contribution in [0.5, 0.6) is 11.5 Å². The molecule has 1 aromatic carbocycles. The van der Waals surface area contributed by atoms with E-state index in [9.17, 15) is 0 Å². The molecule has 0 spiro atoms. The fraction of sp³-hybridized carbons (Fsp3) is 0.571. The van der Waals surface area contributed by atoms with Crippen molar-refractivity contribution in [3.63, 3.8) is 0 Å². The quantitative estimate of drug-likeness (QED) is 0.739. The molecule has 2 nitrogen and oxygen atoms in total. The Morgan fingerprint density at radius 1 is 1.24 bits per heavy atom. The molecular weight excluding hydrogens is 236 g/mol. The highest BCUT2D eigenvalue weighted by Gasteiger charge is 2.34. The van der Waals surface area contributed by atoms with E-state index in [4.69, 9.17) is 21.1 Å². The van der Waals surface area contributed by atoms with Gasteiger partial charge in [0.2, 0.25) is 0 Å². The molecule has 3 heteroatoms. The molecule has 0 heterocycles. The second-order valence-corrected chi connectivity index (χ2v) is 5.18. The summed E-state index contributed by atoms with van der Waals surface area (Å²) in [6.45, 7) is 2.22. The maximum Gasteiger partial charge on any atom is 0.123 e. The average molecular weight is 255 g/mol. The van der Waals surface area contributed by atoms with Crippen LogP contribution in [0.4, 0.5) is 0 Å². The predicted molar refractivity (Wildman–Crippen MR) is 70.0 cm³/mol. The van der Waals surface area contributed by atoms with Crippen LogP contribution in [0, 0.1) is 11.8 Å². The molecule has 17 heavy (non-hydrogen) atoms. The summed E-state index contributed by atoms with van der Waals surface area (Å²) in [7, 11) is 3.34. The Bertz CT molecular complexity index is 388. The van der Waals surface area contributed by atoms with Crippen molar-refractivity contribution < 1.29 is 9.47 Å². The summed E-state index contributed by atoms with van der Waals surface area (Å²) in [6, 6.07) is 5.80. The molecule has 2 atom stereocenters. The number of benzene rings is 1. The van der Waals surface area contributed by atoms with Gasteiger partial charge >= 0.3 is 0 Å². The van der Waals surface area contributed by atoms with Gasteiger partial charge in [-0.3, -0.25) is 0 Å². The molecule has 1 aliphatic carbocycles. The molecule has 94 valence electrons. The first-order valence-electron chi connectivity index (χ1n) is 6.03. The Balaban J connectivity index is 2.27. The molecule has 1 fully saturated rings. The number of ether oxygens (including phenoxy) is 2. The molecule has 1 aliphatic rings. The highest BCUT2D eigenvalue weighted by Crippen LogP contribution is 2.47. The second-order valence-electron chi connectivity index (χ2n) is 4.71. The molecule has 1 aromatic rings. The molecule has 1 saturated carbocycles. The SMILES string of the molecule is COc1ccc(OC)c(C(Cl)C(C)C2CC2)c1. The predicted octanol–water partition coefficient (Wildman–Crippen LogP) is 4.03. The summed E-state index contributed by atoms with van der Waals surface area (Å²) < 4.78 is 10.6. The lowest BCUT2D eigenvalue weighted by Gasteiger charge is -2.20. The van der Waals surface area contributed by atoms with Crippen molar-refractivity contribution in [2.45, 2.75) is 25.1 Å². The maximum atomic E-state index is 6.57. The maximum absolute atomic E-state index is 6.57. The summed E-state index contributed by atoms with van der Waals surface area (Å²) in [6.07, 6.45) is 2.60. The molecule has 0 amide bonds. The summed E-state index contributed by atoms with van der Waals surface area (Å²) >= 11 is 6.57. The zero-order valence-electron chi connectivity index (χ0n) is 10.6. The summed E-state index contributed by atoms with van der Waals surface area (Å²) in [4.78, 5) is 0. The van der Waals surface area contributed by atoms with Crippen molar-refractivity contribution >= 4 is 11.6 Å². The van der Waals surface area contributed by atoms with E-state index in [2.05, 4.69) is 6.92 Å². The van der Waals surface area contributed by atoms with Crippen molar-refractivity contribution in [3.8, 4) is 11.5 Å². The third kappa shape index (κ3) is 2.68. The fourth-order valence-corrected chi connectivity index (χ4v) is 2.58. The zero-order valence-corrected chi connectivity index (χ0v) is 11.3. The smallest absolute Gasteiger partial charge is 0.123 e. The van der Waals surface area contributed by atoms with E-state index < -0.39 is 0 Å². The van der Waals surface area contributed by atoms with Crippen molar-refractivity contribution in [1.29, 1.82) is 0 Å². The second kappa shape index (κ2) is 5.18. The van der Waals surface area contributed by atoms with Gasteiger partial charge in [0.25, 0.3) is 0 Å². The van der Waals surface area contributed by atoms with Crippen LogP contribution in [-0.4, -0.2) is 14.2 Å². The Morgan fingerprint density at radius 2 is 1.94 bits per heavy atom. The number of methoxy groups -OCH3 is 2. The van der Waals surface area contributed by atoms with Gasteiger partial charge in [0.15, 0.2) is 0 Å². The molecule has 0 aromatic heterocycles. The Kier molecular flexibility index (Phi) is 3.82. The number of hydrogen-bond acceptors (Lipinski definition) is 2. The highest BCUT2D eigenvalue weighted by molar-refractivity contribution is 6.21. The summed E-state index contributed by atoms with van der Waals surface area (Å²) in [5.41, 5.74) is 1.04. The summed E-state index contributed by atoms with van der Waals surface area (Å²) in [5.74, 6) is 2.93. The van der Waals surface area contributed by atoms with Crippen molar-refractivity contribution in [2.75, 3.05) is 14.2 Å². The zero-order chi connectivity index (χ0) is 12.4. The Hall–Kier alpha value is -0.890. The summed E-state index contributed by atoms with van der Waals surface area (Å²) in [5, 5.41) is -0.00690. The molecule has 0 aliphatic heterocycles. The van der Waals surface area contributed by atoms with E-state index in [1.807, 2.05) is 18.2 Å². The largest absolute Gasteiger partial charge is 0.497 e. The van der Waals surface area contributed by atoms with Crippen LogP contribution in [0.2, 0.25) is 0 Å². The van der Waals surface area contributed by atoms with Gasteiger partial charge in [0.1, 0.15) is 11.5 Å². The standard InChI is InChI=1S/C14H19ClO2/c1-9(10-4-5-10)14(15)12-8-11(16-2)6-7-13(12)17-3/h6-10,14H,4-5H2,1-3H3. The molecule has 0 saturated heterocycles. The van der Waals surface area contributed by atoms with Crippen LogP contribution in [0.3, 0.4) is 0 Å². The van der Waals surface area contributed by atoms with Crippen LogP contribution in [-0.2, 0) is 0 Å².